The Kier molecular flexibility index (Phi) is 3.85. The highest BCUT2D eigenvalue weighted by Crippen LogP contribution is 2.20. The molecule has 0 aliphatic heterocycles. The van der Waals surface area contributed by atoms with Crippen molar-refractivity contribution in [3.8, 4) is 0 Å². The van der Waals surface area contributed by atoms with Gasteiger partial charge in [0.15, 0.2) is 0 Å². The van der Waals surface area contributed by atoms with Gasteiger partial charge in [-0.15, -0.1) is 0 Å². The third kappa shape index (κ3) is 2.70. The van der Waals surface area contributed by atoms with Gasteiger partial charge in [-0.2, -0.15) is 0 Å². The molecule has 0 spiro atoms. The van der Waals surface area contributed by atoms with Crippen LogP contribution in [0, 0.1) is 0 Å². The minimum atomic E-state index is 0.531. The number of fused-ring (bicyclic) bond motifs is 1. The minimum absolute atomic E-state index is 0.531. The summed E-state index contributed by atoms with van der Waals surface area (Å²) in [5.74, 6) is 0. The van der Waals surface area contributed by atoms with Crippen LogP contribution in [0.1, 0.15) is 32.9 Å². The molecule has 1 aromatic carbocycles. The summed E-state index contributed by atoms with van der Waals surface area (Å²) in [5.41, 5.74) is 2.75. The van der Waals surface area contributed by atoms with Crippen molar-refractivity contribution in [1.82, 2.24) is 9.88 Å². The first-order valence-electron chi connectivity index (χ1n) is 6.53. The van der Waals surface area contributed by atoms with Gasteiger partial charge in [0.2, 0.25) is 0 Å². The van der Waals surface area contributed by atoms with Crippen molar-refractivity contribution in [3.05, 3.63) is 36.0 Å². The van der Waals surface area contributed by atoms with Crippen molar-refractivity contribution in [2.24, 2.45) is 0 Å². The molecule has 0 saturated heterocycles. The van der Waals surface area contributed by atoms with E-state index < -0.39 is 0 Å². The van der Waals surface area contributed by atoms with E-state index in [4.69, 9.17) is 0 Å². The van der Waals surface area contributed by atoms with E-state index in [2.05, 4.69) is 61.0 Å². The van der Waals surface area contributed by atoms with Crippen molar-refractivity contribution < 1.29 is 0 Å². The summed E-state index contributed by atoms with van der Waals surface area (Å²) in [6.07, 6.45) is 1.17. The normalized spacial score (nSPS) is 11.5. The molecule has 92 valence electrons. The molecule has 0 radical (unpaired) electrons. The molecule has 0 unspecified atom stereocenters. The standard InChI is InChI=1S/C15H22N2/c1-4-9-17-14(11-16-12(2)3)10-13-7-5-6-8-15(13)17/h5-8,10,12,16H,4,9,11H2,1-3H3. The largest absolute Gasteiger partial charge is 0.343 e. The molecule has 2 aromatic rings. The maximum atomic E-state index is 3.50. The van der Waals surface area contributed by atoms with Crippen LogP contribution in [0.25, 0.3) is 10.9 Å². The summed E-state index contributed by atoms with van der Waals surface area (Å²) in [5, 5.41) is 4.85. The van der Waals surface area contributed by atoms with Crippen LogP contribution in [0.3, 0.4) is 0 Å². The highest BCUT2D eigenvalue weighted by atomic mass is 15.0. The van der Waals surface area contributed by atoms with Crippen LogP contribution in [-0.2, 0) is 13.1 Å². The molecule has 0 saturated carbocycles. The monoisotopic (exact) mass is 230 g/mol. The summed E-state index contributed by atoms with van der Waals surface area (Å²) in [6.45, 7) is 8.66. The van der Waals surface area contributed by atoms with Gasteiger partial charge in [-0.3, -0.25) is 0 Å². The van der Waals surface area contributed by atoms with E-state index in [0.29, 0.717) is 6.04 Å². The second kappa shape index (κ2) is 5.37. The molecule has 2 nitrogen and oxygen atoms in total. The lowest BCUT2D eigenvalue weighted by Gasteiger charge is -2.12. The zero-order valence-corrected chi connectivity index (χ0v) is 11.0. The maximum absolute atomic E-state index is 3.50. The molecule has 17 heavy (non-hydrogen) atoms. The fraction of sp³-hybridized carbons (Fsp3) is 0.467. The Bertz CT molecular complexity index is 483. The Labute approximate surface area is 104 Å². The van der Waals surface area contributed by atoms with Crippen LogP contribution in [0.15, 0.2) is 30.3 Å². The zero-order valence-electron chi connectivity index (χ0n) is 11.0. The summed E-state index contributed by atoms with van der Waals surface area (Å²) in [4.78, 5) is 0. The van der Waals surface area contributed by atoms with E-state index >= 15 is 0 Å². The topological polar surface area (TPSA) is 17.0 Å². The number of benzene rings is 1. The van der Waals surface area contributed by atoms with E-state index in [9.17, 15) is 0 Å². The Morgan fingerprint density at radius 3 is 2.71 bits per heavy atom. The van der Waals surface area contributed by atoms with Crippen LogP contribution < -0.4 is 5.32 Å². The molecule has 0 amide bonds. The number of para-hydroxylation sites is 1. The molecule has 2 rings (SSSR count). The lowest BCUT2D eigenvalue weighted by molar-refractivity contribution is 0.557. The third-order valence-corrected chi connectivity index (χ3v) is 3.04. The summed E-state index contributed by atoms with van der Waals surface area (Å²) >= 11 is 0. The van der Waals surface area contributed by atoms with Gasteiger partial charge in [-0.05, 0) is 23.9 Å². The van der Waals surface area contributed by atoms with Gasteiger partial charge in [0.1, 0.15) is 0 Å². The molecule has 0 aliphatic carbocycles. The van der Waals surface area contributed by atoms with Crippen LogP contribution in [0.4, 0.5) is 0 Å². The summed E-state index contributed by atoms with van der Waals surface area (Å²) in [7, 11) is 0. The number of hydrogen-bond donors (Lipinski definition) is 1. The van der Waals surface area contributed by atoms with Gasteiger partial charge in [0.05, 0.1) is 0 Å². The third-order valence-electron chi connectivity index (χ3n) is 3.04. The highest BCUT2D eigenvalue weighted by molar-refractivity contribution is 5.81. The zero-order chi connectivity index (χ0) is 12.3. The molecule has 0 atom stereocenters. The number of aryl methyl sites for hydroxylation is 1. The van der Waals surface area contributed by atoms with E-state index in [1.165, 1.54) is 23.0 Å². The van der Waals surface area contributed by atoms with Gasteiger partial charge < -0.3 is 9.88 Å². The van der Waals surface area contributed by atoms with Gasteiger partial charge in [0.25, 0.3) is 0 Å². The molecule has 0 aliphatic rings. The second-order valence-electron chi connectivity index (χ2n) is 4.88. The number of nitrogens with one attached hydrogen (secondary N) is 1. The first-order valence-corrected chi connectivity index (χ1v) is 6.53. The van der Waals surface area contributed by atoms with Crippen molar-refractivity contribution in [3.63, 3.8) is 0 Å². The minimum Gasteiger partial charge on any atom is -0.343 e. The number of nitrogens with zero attached hydrogens (tertiary/aromatic N) is 1. The first-order chi connectivity index (χ1) is 8.22. The Morgan fingerprint density at radius 2 is 2.00 bits per heavy atom. The van der Waals surface area contributed by atoms with Crippen LogP contribution >= 0.6 is 0 Å². The Morgan fingerprint density at radius 1 is 1.24 bits per heavy atom. The maximum Gasteiger partial charge on any atom is 0.0482 e. The van der Waals surface area contributed by atoms with E-state index in [1.807, 2.05) is 0 Å². The van der Waals surface area contributed by atoms with E-state index in [0.717, 1.165) is 13.1 Å². The first kappa shape index (κ1) is 12.2. The quantitative estimate of drug-likeness (QED) is 0.831. The predicted molar refractivity (Wildman–Crippen MR) is 74.2 cm³/mol. The average Bonchev–Trinajstić information content (AvgIpc) is 2.66. The lowest BCUT2D eigenvalue weighted by atomic mass is 10.2. The van der Waals surface area contributed by atoms with Crippen molar-refractivity contribution in [2.45, 2.75) is 46.3 Å². The van der Waals surface area contributed by atoms with Crippen LogP contribution in [-0.4, -0.2) is 10.6 Å². The second-order valence-corrected chi connectivity index (χ2v) is 4.88. The summed E-state index contributed by atoms with van der Waals surface area (Å²) in [6, 6.07) is 11.5. The number of rotatable bonds is 5. The number of aromatic nitrogens is 1. The SMILES string of the molecule is CCCn1c(CNC(C)C)cc2ccccc21. The Balaban J connectivity index is 2.35. The fourth-order valence-electron chi connectivity index (χ4n) is 2.21. The fourth-order valence-corrected chi connectivity index (χ4v) is 2.21. The molecule has 1 aromatic heterocycles. The molecule has 0 bridgehead atoms. The number of hydrogen-bond acceptors (Lipinski definition) is 1. The highest BCUT2D eigenvalue weighted by Gasteiger charge is 2.07. The van der Waals surface area contributed by atoms with Gasteiger partial charge >= 0.3 is 0 Å². The Hall–Kier alpha value is -1.28. The lowest BCUT2D eigenvalue weighted by Crippen LogP contribution is -2.23. The van der Waals surface area contributed by atoms with E-state index in [-0.39, 0.29) is 0 Å². The summed E-state index contributed by atoms with van der Waals surface area (Å²) < 4.78 is 2.44. The van der Waals surface area contributed by atoms with Gasteiger partial charge in [-0.1, -0.05) is 39.0 Å². The average molecular weight is 230 g/mol. The van der Waals surface area contributed by atoms with E-state index in [1.54, 1.807) is 0 Å². The van der Waals surface area contributed by atoms with Crippen molar-refractivity contribution >= 4 is 10.9 Å². The van der Waals surface area contributed by atoms with Gasteiger partial charge in [-0.25, -0.2) is 0 Å². The molecule has 1 N–H and O–H groups in total. The molecule has 1 heterocycles. The molecule has 2 heteroatoms. The van der Waals surface area contributed by atoms with Crippen LogP contribution in [0.5, 0.6) is 0 Å². The molecular formula is C15H22N2. The van der Waals surface area contributed by atoms with Gasteiger partial charge in [0, 0.05) is 30.3 Å². The predicted octanol–water partition coefficient (Wildman–Crippen LogP) is 3.55. The van der Waals surface area contributed by atoms with Crippen LogP contribution in [0.2, 0.25) is 0 Å². The molecule has 0 fully saturated rings. The molecular weight excluding hydrogens is 208 g/mol. The smallest absolute Gasteiger partial charge is 0.0482 e. The van der Waals surface area contributed by atoms with Crippen molar-refractivity contribution in [1.29, 1.82) is 0 Å². The van der Waals surface area contributed by atoms with Crippen molar-refractivity contribution in [2.75, 3.05) is 0 Å².